The van der Waals surface area contributed by atoms with E-state index in [-0.39, 0.29) is 5.69 Å². The van der Waals surface area contributed by atoms with Crippen LogP contribution >= 0.6 is 0 Å². The second-order valence-electron chi connectivity index (χ2n) is 7.07. The molecule has 4 rings (SSSR count). The Balaban J connectivity index is 1.67. The van der Waals surface area contributed by atoms with Crippen molar-refractivity contribution < 1.29 is 4.74 Å². The highest BCUT2D eigenvalue weighted by molar-refractivity contribution is 5.62. The second kappa shape index (κ2) is 7.48. The van der Waals surface area contributed by atoms with Crippen LogP contribution in [0, 0.1) is 13.8 Å². The average Bonchev–Trinajstić information content (AvgIpc) is 3.31. The van der Waals surface area contributed by atoms with Crippen molar-refractivity contribution in [2.24, 2.45) is 0 Å². The van der Waals surface area contributed by atoms with Gasteiger partial charge in [-0.1, -0.05) is 30.3 Å². The minimum Gasteiger partial charge on any atom is -0.381 e. The van der Waals surface area contributed by atoms with Gasteiger partial charge >= 0.3 is 5.69 Å². The number of aromatic nitrogens is 4. The zero-order chi connectivity index (χ0) is 18.8. The summed E-state index contributed by atoms with van der Waals surface area (Å²) >= 11 is 0. The lowest BCUT2D eigenvalue weighted by atomic mass is 9.99. The maximum atomic E-state index is 12.3. The van der Waals surface area contributed by atoms with Crippen molar-refractivity contribution in [3.05, 3.63) is 70.3 Å². The number of aryl methyl sites for hydroxylation is 3. The van der Waals surface area contributed by atoms with Crippen LogP contribution in [0.5, 0.6) is 0 Å². The highest BCUT2D eigenvalue weighted by Crippen LogP contribution is 2.33. The summed E-state index contributed by atoms with van der Waals surface area (Å²) in [6.07, 6.45) is 2.88. The van der Waals surface area contributed by atoms with Crippen molar-refractivity contribution in [1.82, 2.24) is 19.1 Å². The van der Waals surface area contributed by atoms with Gasteiger partial charge in [-0.2, -0.15) is 4.98 Å². The summed E-state index contributed by atoms with van der Waals surface area (Å²) < 4.78 is 9.53. The molecule has 140 valence electrons. The fourth-order valence-electron chi connectivity index (χ4n) is 3.82. The van der Waals surface area contributed by atoms with E-state index in [0.29, 0.717) is 19.0 Å². The van der Waals surface area contributed by atoms with Gasteiger partial charge in [-0.25, -0.2) is 9.78 Å². The molecule has 2 aromatic heterocycles. The first-order valence-corrected chi connectivity index (χ1v) is 9.37. The van der Waals surface area contributed by atoms with E-state index in [1.54, 1.807) is 4.57 Å². The van der Waals surface area contributed by atoms with Gasteiger partial charge in [0, 0.05) is 42.6 Å². The molecule has 1 unspecified atom stereocenters. The highest BCUT2D eigenvalue weighted by Gasteiger charge is 2.25. The van der Waals surface area contributed by atoms with Gasteiger partial charge in [0.25, 0.3) is 0 Å². The summed E-state index contributed by atoms with van der Waals surface area (Å²) in [5, 5.41) is 0. The van der Waals surface area contributed by atoms with Crippen molar-refractivity contribution in [2.45, 2.75) is 39.3 Å². The van der Waals surface area contributed by atoms with Gasteiger partial charge in [-0.3, -0.25) is 4.57 Å². The third-order valence-electron chi connectivity index (χ3n) is 5.15. The first kappa shape index (κ1) is 17.7. The predicted molar refractivity (Wildman–Crippen MR) is 104 cm³/mol. The second-order valence-corrected chi connectivity index (χ2v) is 7.07. The van der Waals surface area contributed by atoms with Gasteiger partial charge in [-0.15, -0.1) is 0 Å². The topological polar surface area (TPSA) is 61.9 Å². The number of hydrogen-bond acceptors (Lipinski definition) is 4. The van der Waals surface area contributed by atoms with E-state index in [0.717, 1.165) is 42.3 Å². The van der Waals surface area contributed by atoms with Crippen LogP contribution < -0.4 is 5.69 Å². The van der Waals surface area contributed by atoms with Crippen molar-refractivity contribution >= 4 is 0 Å². The Morgan fingerprint density at radius 2 is 2.00 bits per heavy atom. The molecule has 0 N–H and O–H groups in total. The Morgan fingerprint density at radius 3 is 2.70 bits per heavy atom. The van der Waals surface area contributed by atoms with E-state index in [1.165, 1.54) is 5.69 Å². The fraction of sp³-hybridized carbons (Fsp3) is 0.381. The number of ether oxygens (including phenoxy) is 1. The molecule has 1 atom stereocenters. The standard InChI is InChI=1S/C21H24N4O2/c1-15-12-16(2)25(21(26)23-15)10-9-24-14-22-19(17-6-4-3-5-7-17)20(24)18-8-11-27-13-18/h3-7,12,14,18H,8-11,13H2,1-2H3. The number of nitrogens with zero attached hydrogens (tertiary/aromatic N) is 4. The minimum absolute atomic E-state index is 0.193. The Hall–Kier alpha value is -2.73. The summed E-state index contributed by atoms with van der Waals surface area (Å²) in [4.78, 5) is 21.0. The Morgan fingerprint density at radius 1 is 1.19 bits per heavy atom. The molecule has 6 nitrogen and oxygen atoms in total. The fourth-order valence-corrected chi connectivity index (χ4v) is 3.82. The van der Waals surface area contributed by atoms with Crippen molar-refractivity contribution in [3.8, 4) is 11.3 Å². The largest absolute Gasteiger partial charge is 0.381 e. The van der Waals surface area contributed by atoms with Gasteiger partial charge in [0.1, 0.15) is 0 Å². The van der Waals surface area contributed by atoms with Gasteiger partial charge in [0.2, 0.25) is 0 Å². The van der Waals surface area contributed by atoms with Crippen LogP contribution in [0.2, 0.25) is 0 Å². The number of rotatable bonds is 5. The third kappa shape index (κ3) is 3.57. The average molecular weight is 364 g/mol. The minimum atomic E-state index is -0.193. The first-order valence-electron chi connectivity index (χ1n) is 9.37. The number of benzene rings is 1. The Kier molecular flexibility index (Phi) is 4.90. The van der Waals surface area contributed by atoms with E-state index in [9.17, 15) is 4.79 Å². The molecule has 1 aliphatic rings. The zero-order valence-corrected chi connectivity index (χ0v) is 15.8. The van der Waals surface area contributed by atoms with Crippen LogP contribution in [0.4, 0.5) is 0 Å². The van der Waals surface area contributed by atoms with E-state index in [2.05, 4.69) is 21.7 Å². The lowest BCUT2D eigenvalue weighted by Gasteiger charge is -2.16. The molecule has 0 spiro atoms. The maximum absolute atomic E-state index is 12.3. The van der Waals surface area contributed by atoms with Gasteiger partial charge in [-0.05, 0) is 26.3 Å². The summed E-state index contributed by atoms with van der Waals surface area (Å²) in [6.45, 7) is 6.55. The van der Waals surface area contributed by atoms with Crippen LogP contribution in [-0.2, 0) is 17.8 Å². The van der Waals surface area contributed by atoms with E-state index in [1.807, 2.05) is 44.4 Å². The molecule has 0 bridgehead atoms. The third-order valence-corrected chi connectivity index (χ3v) is 5.15. The van der Waals surface area contributed by atoms with Crippen molar-refractivity contribution in [3.63, 3.8) is 0 Å². The predicted octanol–water partition coefficient (Wildman–Crippen LogP) is 2.93. The highest BCUT2D eigenvalue weighted by atomic mass is 16.5. The van der Waals surface area contributed by atoms with Crippen molar-refractivity contribution in [2.75, 3.05) is 13.2 Å². The molecular formula is C21H24N4O2. The summed E-state index contributed by atoms with van der Waals surface area (Å²) in [6, 6.07) is 12.2. The van der Waals surface area contributed by atoms with Crippen LogP contribution in [0.3, 0.4) is 0 Å². The lowest BCUT2D eigenvalue weighted by Crippen LogP contribution is -2.27. The SMILES string of the molecule is Cc1cc(C)n(CCn2cnc(-c3ccccc3)c2C2CCOC2)c(=O)n1. The monoisotopic (exact) mass is 364 g/mol. The molecule has 1 fully saturated rings. The van der Waals surface area contributed by atoms with Gasteiger partial charge < -0.3 is 9.30 Å². The van der Waals surface area contributed by atoms with Gasteiger partial charge in [0.15, 0.2) is 0 Å². The molecule has 6 heteroatoms. The summed E-state index contributed by atoms with van der Waals surface area (Å²) in [5.41, 5.74) is 4.82. The molecule has 1 aromatic carbocycles. The molecule has 3 aromatic rings. The molecule has 1 aliphatic heterocycles. The molecular weight excluding hydrogens is 340 g/mol. The molecule has 0 saturated carbocycles. The van der Waals surface area contributed by atoms with Gasteiger partial charge in [0.05, 0.1) is 24.3 Å². The summed E-state index contributed by atoms with van der Waals surface area (Å²) in [5.74, 6) is 0.330. The lowest BCUT2D eigenvalue weighted by molar-refractivity contribution is 0.193. The Bertz CT molecular complexity index is 985. The molecule has 0 amide bonds. The first-order chi connectivity index (χ1) is 13.1. The van der Waals surface area contributed by atoms with Crippen LogP contribution in [-0.4, -0.2) is 32.3 Å². The van der Waals surface area contributed by atoms with Crippen LogP contribution in [0.25, 0.3) is 11.3 Å². The quantitative estimate of drug-likeness (QED) is 0.698. The molecule has 3 heterocycles. The summed E-state index contributed by atoms with van der Waals surface area (Å²) in [7, 11) is 0. The molecule has 1 saturated heterocycles. The van der Waals surface area contributed by atoms with Crippen LogP contribution in [0.1, 0.15) is 29.4 Å². The number of hydrogen-bond donors (Lipinski definition) is 0. The normalized spacial score (nSPS) is 16.7. The van der Waals surface area contributed by atoms with E-state index in [4.69, 9.17) is 9.72 Å². The van der Waals surface area contributed by atoms with Crippen molar-refractivity contribution in [1.29, 1.82) is 0 Å². The van der Waals surface area contributed by atoms with E-state index < -0.39 is 0 Å². The maximum Gasteiger partial charge on any atom is 0.348 e. The zero-order valence-electron chi connectivity index (χ0n) is 15.8. The van der Waals surface area contributed by atoms with Crippen LogP contribution in [0.15, 0.2) is 47.5 Å². The molecule has 0 aliphatic carbocycles. The number of imidazole rings is 1. The molecule has 0 radical (unpaired) electrons. The van der Waals surface area contributed by atoms with E-state index >= 15 is 0 Å². The molecule has 27 heavy (non-hydrogen) atoms. The Labute approximate surface area is 158 Å². The smallest absolute Gasteiger partial charge is 0.348 e.